The lowest BCUT2D eigenvalue weighted by Crippen LogP contribution is -2.29. The van der Waals surface area contributed by atoms with E-state index in [1.54, 1.807) is 13.2 Å². The Bertz CT molecular complexity index is 632. The van der Waals surface area contributed by atoms with Gasteiger partial charge in [-0.2, -0.15) is 0 Å². The molecule has 5 heteroatoms. The van der Waals surface area contributed by atoms with Crippen LogP contribution in [0.25, 0.3) is 0 Å². The second kappa shape index (κ2) is 6.65. The number of ether oxygens (including phenoxy) is 1. The second-order valence-corrected chi connectivity index (χ2v) is 4.90. The molecule has 0 radical (unpaired) electrons. The van der Waals surface area contributed by atoms with Crippen molar-refractivity contribution in [3.63, 3.8) is 0 Å². The average Bonchev–Trinajstić information content (AvgIpc) is 2.48. The van der Waals surface area contributed by atoms with E-state index in [2.05, 4.69) is 5.43 Å². The number of rotatable bonds is 5. The maximum absolute atomic E-state index is 13.3. The van der Waals surface area contributed by atoms with Crippen molar-refractivity contribution in [1.29, 1.82) is 0 Å². The third kappa shape index (κ3) is 3.56. The minimum atomic E-state index is -0.853. The molecule has 112 valence electrons. The van der Waals surface area contributed by atoms with Gasteiger partial charge in [0, 0.05) is 6.04 Å². The quantitative estimate of drug-likeness (QED) is 0.658. The molecule has 0 aliphatic carbocycles. The van der Waals surface area contributed by atoms with Crippen molar-refractivity contribution >= 4 is 0 Å². The van der Waals surface area contributed by atoms with Crippen molar-refractivity contribution in [1.82, 2.24) is 5.43 Å². The molecule has 2 rings (SSSR count). The van der Waals surface area contributed by atoms with Gasteiger partial charge in [-0.05, 0) is 48.2 Å². The van der Waals surface area contributed by atoms with Gasteiger partial charge < -0.3 is 4.74 Å². The van der Waals surface area contributed by atoms with Crippen LogP contribution in [0.5, 0.6) is 5.75 Å². The zero-order chi connectivity index (χ0) is 15.4. The SMILES string of the molecule is COc1ccc(C(Cc2ccc(F)c(F)c2)NN)cc1C. The van der Waals surface area contributed by atoms with Gasteiger partial charge in [-0.3, -0.25) is 11.3 Å². The third-order valence-electron chi connectivity index (χ3n) is 3.45. The maximum atomic E-state index is 13.3. The predicted octanol–water partition coefficient (Wildman–Crippen LogP) is 3.03. The molecule has 0 aromatic heterocycles. The molecule has 3 N–H and O–H groups in total. The Morgan fingerprint density at radius 3 is 2.48 bits per heavy atom. The van der Waals surface area contributed by atoms with Crippen LogP contribution < -0.4 is 16.0 Å². The molecule has 1 atom stereocenters. The molecular weight excluding hydrogens is 274 g/mol. The molecule has 0 saturated carbocycles. The summed E-state index contributed by atoms with van der Waals surface area (Å²) in [5.74, 6) is 4.68. The van der Waals surface area contributed by atoms with Gasteiger partial charge in [0.1, 0.15) is 5.75 Å². The van der Waals surface area contributed by atoms with Gasteiger partial charge >= 0.3 is 0 Å². The number of benzene rings is 2. The molecule has 0 spiro atoms. The molecule has 0 fully saturated rings. The van der Waals surface area contributed by atoms with Gasteiger partial charge in [-0.25, -0.2) is 8.78 Å². The highest BCUT2D eigenvalue weighted by molar-refractivity contribution is 5.38. The third-order valence-corrected chi connectivity index (χ3v) is 3.45. The fourth-order valence-corrected chi connectivity index (χ4v) is 2.29. The Labute approximate surface area is 122 Å². The molecule has 2 aromatic rings. The van der Waals surface area contributed by atoms with Crippen molar-refractivity contribution in [3.05, 3.63) is 64.7 Å². The molecule has 21 heavy (non-hydrogen) atoms. The van der Waals surface area contributed by atoms with Gasteiger partial charge in [0.25, 0.3) is 0 Å². The van der Waals surface area contributed by atoms with Crippen LogP contribution in [0.3, 0.4) is 0 Å². The van der Waals surface area contributed by atoms with Crippen LogP contribution in [0.4, 0.5) is 8.78 Å². The lowest BCUT2D eigenvalue weighted by atomic mass is 9.97. The van der Waals surface area contributed by atoms with Crippen molar-refractivity contribution in [2.24, 2.45) is 5.84 Å². The molecule has 0 amide bonds. The van der Waals surface area contributed by atoms with Crippen LogP contribution in [0.1, 0.15) is 22.7 Å². The Morgan fingerprint density at radius 2 is 1.90 bits per heavy atom. The van der Waals surface area contributed by atoms with Gasteiger partial charge in [0.15, 0.2) is 11.6 Å². The summed E-state index contributed by atoms with van der Waals surface area (Å²) in [4.78, 5) is 0. The van der Waals surface area contributed by atoms with Gasteiger partial charge in [0.05, 0.1) is 7.11 Å². The normalized spacial score (nSPS) is 12.2. The highest BCUT2D eigenvalue weighted by Gasteiger charge is 2.13. The van der Waals surface area contributed by atoms with Crippen molar-refractivity contribution in [3.8, 4) is 5.75 Å². The highest BCUT2D eigenvalue weighted by atomic mass is 19.2. The minimum Gasteiger partial charge on any atom is -0.496 e. The van der Waals surface area contributed by atoms with E-state index < -0.39 is 11.6 Å². The second-order valence-electron chi connectivity index (χ2n) is 4.90. The lowest BCUT2D eigenvalue weighted by Gasteiger charge is -2.18. The summed E-state index contributed by atoms with van der Waals surface area (Å²) in [6, 6.07) is 9.39. The zero-order valence-electron chi connectivity index (χ0n) is 12.0. The predicted molar refractivity (Wildman–Crippen MR) is 77.9 cm³/mol. The van der Waals surface area contributed by atoms with E-state index in [0.717, 1.165) is 22.9 Å². The number of aryl methyl sites for hydroxylation is 1. The van der Waals surface area contributed by atoms with Crippen LogP contribution in [-0.2, 0) is 6.42 Å². The first-order chi connectivity index (χ1) is 10.0. The topological polar surface area (TPSA) is 47.3 Å². The number of nitrogens with two attached hydrogens (primary N) is 1. The number of nitrogens with one attached hydrogen (secondary N) is 1. The first kappa shape index (κ1) is 15.4. The van der Waals surface area contributed by atoms with Crippen LogP contribution in [0.2, 0.25) is 0 Å². The number of hydrogen-bond acceptors (Lipinski definition) is 3. The largest absolute Gasteiger partial charge is 0.496 e. The van der Waals surface area contributed by atoms with Crippen LogP contribution >= 0.6 is 0 Å². The lowest BCUT2D eigenvalue weighted by molar-refractivity contribution is 0.411. The summed E-state index contributed by atoms with van der Waals surface area (Å²) in [5, 5.41) is 0. The maximum Gasteiger partial charge on any atom is 0.159 e. The van der Waals surface area contributed by atoms with E-state index >= 15 is 0 Å². The molecule has 0 bridgehead atoms. The van der Waals surface area contributed by atoms with Crippen LogP contribution in [0.15, 0.2) is 36.4 Å². The summed E-state index contributed by atoms with van der Waals surface area (Å²) in [5.41, 5.74) is 5.33. The Balaban J connectivity index is 2.23. The number of hydrazine groups is 1. The zero-order valence-corrected chi connectivity index (χ0v) is 12.0. The first-order valence-corrected chi connectivity index (χ1v) is 6.59. The van der Waals surface area contributed by atoms with Crippen LogP contribution in [-0.4, -0.2) is 7.11 Å². The van der Waals surface area contributed by atoms with E-state index in [1.165, 1.54) is 6.07 Å². The standard InChI is InChI=1S/C16H18F2N2O/c1-10-7-12(4-6-16(10)21-2)15(20-19)9-11-3-5-13(17)14(18)8-11/h3-8,15,20H,9,19H2,1-2H3. The summed E-state index contributed by atoms with van der Waals surface area (Å²) in [7, 11) is 1.61. The summed E-state index contributed by atoms with van der Waals surface area (Å²) < 4.78 is 31.4. The fourth-order valence-electron chi connectivity index (χ4n) is 2.29. The summed E-state index contributed by atoms with van der Waals surface area (Å²) in [6.07, 6.45) is 0.458. The van der Waals surface area contributed by atoms with E-state index in [4.69, 9.17) is 10.6 Å². The van der Waals surface area contributed by atoms with Gasteiger partial charge in [-0.1, -0.05) is 18.2 Å². The number of hydrogen-bond donors (Lipinski definition) is 2. The molecule has 2 aromatic carbocycles. The average molecular weight is 292 g/mol. The first-order valence-electron chi connectivity index (χ1n) is 6.59. The number of methoxy groups -OCH3 is 1. The van der Waals surface area contributed by atoms with Crippen LogP contribution in [0, 0.1) is 18.6 Å². The Morgan fingerprint density at radius 1 is 1.14 bits per heavy atom. The minimum absolute atomic E-state index is 0.195. The van der Waals surface area contributed by atoms with Crippen molar-refractivity contribution < 1.29 is 13.5 Å². The molecule has 0 aliphatic rings. The van der Waals surface area contributed by atoms with Gasteiger partial charge in [-0.15, -0.1) is 0 Å². The fraction of sp³-hybridized carbons (Fsp3) is 0.250. The molecule has 0 aliphatic heterocycles. The van der Waals surface area contributed by atoms with E-state index in [9.17, 15) is 8.78 Å². The molecule has 3 nitrogen and oxygen atoms in total. The van der Waals surface area contributed by atoms with Gasteiger partial charge in [0.2, 0.25) is 0 Å². The summed E-state index contributed by atoms with van der Waals surface area (Å²) in [6.45, 7) is 1.94. The van der Waals surface area contributed by atoms with E-state index in [0.29, 0.717) is 12.0 Å². The Kier molecular flexibility index (Phi) is 4.88. The Hall–Kier alpha value is -1.98. The van der Waals surface area contributed by atoms with Crippen molar-refractivity contribution in [2.45, 2.75) is 19.4 Å². The molecule has 0 heterocycles. The van der Waals surface area contributed by atoms with Crippen molar-refractivity contribution in [2.75, 3.05) is 7.11 Å². The van der Waals surface area contributed by atoms with E-state index in [1.807, 2.05) is 25.1 Å². The highest BCUT2D eigenvalue weighted by Crippen LogP contribution is 2.24. The summed E-state index contributed by atoms with van der Waals surface area (Å²) >= 11 is 0. The molecular formula is C16H18F2N2O. The van der Waals surface area contributed by atoms with E-state index in [-0.39, 0.29) is 6.04 Å². The number of halogens is 2. The smallest absolute Gasteiger partial charge is 0.159 e. The molecule has 0 saturated heterocycles. The monoisotopic (exact) mass is 292 g/mol. The molecule has 1 unspecified atom stereocenters.